The lowest BCUT2D eigenvalue weighted by molar-refractivity contribution is -0.385. The van der Waals surface area contributed by atoms with Gasteiger partial charge in [0.1, 0.15) is 11.6 Å². The van der Waals surface area contributed by atoms with E-state index in [9.17, 15) is 19.7 Å². The molecule has 2 N–H and O–H groups in total. The largest absolute Gasteiger partial charge is 0.480 e. The number of amides is 1. The Kier molecular flexibility index (Phi) is 4.22. The van der Waals surface area contributed by atoms with Gasteiger partial charge in [0.25, 0.3) is 11.6 Å². The Morgan fingerprint density at radius 2 is 2.11 bits per heavy atom. The molecule has 1 amide bonds. The first-order valence-corrected chi connectivity index (χ1v) is 5.18. The molecule has 0 fully saturated rings. The highest BCUT2D eigenvalue weighted by Gasteiger charge is 2.23. The highest BCUT2D eigenvalue weighted by Crippen LogP contribution is 2.23. The molecule has 0 aliphatic heterocycles. The maximum absolute atomic E-state index is 11.7. The van der Waals surface area contributed by atoms with Gasteiger partial charge in [0, 0.05) is 11.1 Å². The minimum absolute atomic E-state index is 0.115. The van der Waals surface area contributed by atoms with Crippen LogP contribution in [0.4, 0.5) is 5.69 Å². The van der Waals surface area contributed by atoms with Crippen LogP contribution in [0.2, 0.25) is 5.02 Å². The zero-order valence-corrected chi connectivity index (χ0v) is 9.97. The first-order valence-electron chi connectivity index (χ1n) is 4.80. The van der Waals surface area contributed by atoms with Gasteiger partial charge in [0.15, 0.2) is 0 Å². The first kappa shape index (κ1) is 13.9. The molecular weight excluding hydrogens is 264 g/mol. The van der Waals surface area contributed by atoms with E-state index >= 15 is 0 Å². The van der Waals surface area contributed by atoms with Crippen LogP contribution in [-0.2, 0) is 4.79 Å². The zero-order chi connectivity index (χ0) is 13.9. The number of nitrogens with one attached hydrogen (secondary N) is 1. The van der Waals surface area contributed by atoms with Gasteiger partial charge in [0.2, 0.25) is 0 Å². The zero-order valence-electron chi connectivity index (χ0n) is 9.21. The fourth-order valence-corrected chi connectivity index (χ4v) is 1.35. The topological polar surface area (TPSA) is 110 Å². The number of carboxylic acids is 1. The molecule has 0 aliphatic carbocycles. The number of carboxylic acid groups (broad SMARTS) is 1. The van der Waals surface area contributed by atoms with Gasteiger partial charge in [-0.2, -0.15) is 0 Å². The maximum atomic E-state index is 11.7. The maximum Gasteiger partial charge on any atom is 0.325 e. The molecule has 18 heavy (non-hydrogen) atoms. The molecule has 0 aromatic heterocycles. The molecule has 96 valence electrons. The van der Waals surface area contributed by atoms with Crippen LogP contribution in [-0.4, -0.2) is 27.9 Å². The third-order valence-corrected chi connectivity index (χ3v) is 2.35. The highest BCUT2D eigenvalue weighted by molar-refractivity contribution is 6.31. The number of aliphatic carboxylic acids is 1. The fraction of sp³-hybridized carbons (Fsp3) is 0.200. The van der Waals surface area contributed by atoms with E-state index in [-0.39, 0.29) is 10.6 Å². The van der Waals surface area contributed by atoms with Crippen LogP contribution < -0.4 is 5.32 Å². The number of carbonyl (C=O) groups excluding carboxylic acids is 1. The molecule has 0 unspecified atom stereocenters. The number of halogens is 1. The number of carbonyl (C=O) groups is 2. The number of hydrogen-bond donors (Lipinski definition) is 2. The van der Waals surface area contributed by atoms with Gasteiger partial charge in [-0.05, 0) is 19.1 Å². The van der Waals surface area contributed by atoms with E-state index in [1.807, 2.05) is 0 Å². The third kappa shape index (κ3) is 3.17. The molecule has 0 spiro atoms. The first-order chi connectivity index (χ1) is 8.32. The van der Waals surface area contributed by atoms with E-state index in [0.29, 0.717) is 0 Å². The van der Waals surface area contributed by atoms with Gasteiger partial charge in [-0.1, -0.05) is 11.6 Å². The van der Waals surface area contributed by atoms with E-state index in [0.717, 1.165) is 6.07 Å². The summed E-state index contributed by atoms with van der Waals surface area (Å²) in [6, 6.07) is 2.37. The number of hydrogen-bond acceptors (Lipinski definition) is 4. The molecule has 1 aromatic rings. The summed E-state index contributed by atoms with van der Waals surface area (Å²) < 4.78 is 0. The lowest BCUT2D eigenvalue weighted by Crippen LogP contribution is -2.38. The molecule has 7 nitrogen and oxygen atoms in total. The molecule has 0 radical (unpaired) electrons. The predicted octanol–water partition coefficient (Wildman–Crippen LogP) is 1.45. The Hall–Kier alpha value is -2.15. The Morgan fingerprint density at radius 3 is 2.61 bits per heavy atom. The van der Waals surface area contributed by atoms with Crippen molar-refractivity contribution in [3.05, 3.63) is 38.9 Å². The molecule has 0 saturated heterocycles. The second-order valence-electron chi connectivity index (χ2n) is 3.45. The average Bonchev–Trinajstić information content (AvgIpc) is 2.28. The summed E-state index contributed by atoms with van der Waals surface area (Å²) >= 11 is 5.59. The summed E-state index contributed by atoms with van der Waals surface area (Å²) in [7, 11) is 0. The van der Waals surface area contributed by atoms with E-state index < -0.39 is 28.5 Å². The Balaban J connectivity index is 3.06. The normalized spacial score (nSPS) is 11.7. The molecule has 1 aromatic carbocycles. The minimum atomic E-state index is -1.24. The average molecular weight is 273 g/mol. The summed E-state index contributed by atoms with van der Waals surface area (Å²) in [6.07, 6.45) is 0. The van der Waals surface area contributed by atoms with Crippen molar-refractivity contribution in [1.82, 2.24) is 5.32 Å². The quantitative estimate of drug-likeness (QED) is 0.637. The van der Waals surface area contributed by atoms with Crippen LogP contribution in [0.15, 0.2) is 18.2 Å². The monoisotopic (exact) mass is 272 g/mol. The molecule has 1 rings (SSSR count). The standard InChI is InChI=1S/C10H9ClN2O5/c1-5(10(15)16)12-9(14)7-3-2-6(11)4-8(7)13(17)18/h2-5H,1H3,(H,12,14)(H,15,16)/t5-/m1/s1. The van der Waals surface area contributed by atoms with Gasteiger partial charge in [-0.3, -0.25) is 19.7 Å². The van der Waals surface area contributed by atoms with Crippen molar-refractivity contribution >= 4 is 29.2 Å². The summed E-state index contributed by atoms with van der Waals surface area (Å²) in [5, 5.41) is 21.6. The van der Waals surface area contributed by atoms with Crippen LogP contribution in [0.25, 0.3) is 0 Å². The number of nitrogens with zero attached hydrogens (tertiary/aromatic N) is 1. The minimum Gasteiger partial charge on any atom is -0.480 e. The molecule has 0 saturated carbocycles. The van der Waals surface area contributed by atoms with Crippen molar-refractivity contribution < 1.29 is 19.6 Å². The summed E-state index contributed by atoms with van der Waals surface area (Å²) in [5.41, 5.74) is -0.713. The smallest absolute Gasteiger partial charge is 0.325 e. The lowest BCUT2D eigenvalue weighted by Gasteiger charge is -2.09. The Morgan fingerprint density at radius 1 is 1.50 bits per heavy atom. The van der Waals surface area contributed by atoms with Gasteiger partial charge in [-0.25, -0.2) is 0 Å². The SMILES string of the molecule is C[C@@H](NC(=O)c1ccc(Cl)cc1[N+](=O)[O-])C(=O)O. The van der Waals surface area contributed by atoms with Crippen molar-refractivity contribution in [3.63, 3.8) is 0 Å². The van der Waals surface area contributed by atoms with Crippen molar-refractivity contribution in [3.8, 4) is 0 Å². The number of benzene rings is 1. The summed E-state index contributed by atoms with van der Waals surface area (Å²) in [5.74, 6) is -2.08. The second-order valence-corrected chi connectivity index (χ2v) is 3.89. The summed E-state index contributed by atoms with van der Waals surface area (Å²) in [4.78, 5) is 32.2. The molecule has 8 heteroatoms. The van der Waals surface area contributed by atoms with Crippen LogP contribution in [0.3, 0.4) is 0 Å². The fourth-order valence-electron chi connectivity index (χ4n) is 1.18. The number of rotatable bonds is 4. The van der Waals surface area contributed by atoms with Crippen molar-refractivity contribution in [2.24, 2.45) is 0 Å². The Labute approximate surface area is 107 Å². The van der Waals surface area contributed by atoms with E-state index in [1.165, 1.54) is 19.1 Å². The van der Waals surface area contributed by atoms with Crippen LogP contribution in [0.1, 0.15) is 17.3 Å². The van der Waals surface area contributed by atoms with Crippen molar-refractivity contribution in [2.75, 3.05) is 0 Å². The van der Waals surface area contributed by atoms with Crippen LogP contribution >= 0.6 is 11.6 Å². The van der Waals surface area contributed by atoms with E-state index in [1.54, 1.807) is 0 Å². The molecule has 0 aliphatic rings. The number of nitro benzene ring substituents is 1. The van der Waals surface area contributed by atoms with Crippen molar-refractivity contribution in [2.45, 2.75) is 13.0 Å². The van der Waals surface area contributed by atoms with E-state index in [2.05, 4.69) is 5.32 Å². The van der Waals surface area contributed by atoms with Crippen molar-refractivity contribution in [1.29, 1.82) is 0 Å². The Bertz CT molecular complexity index is 517. The predicted molar refractivity (Wildman–Crippen MR) is 62.7 cm³/mol. The van der Waals surface area contributed by atoms with Gasteiger partial charge in [-0.15, -0.1) is 0 Å². The van der Waals surface area contributed by atoms with Gasteiger partial charge >= 0.3 is 5.97 Å². The third-order valence-electron chi connectivity index (χ3n) is 2.12. The van der Waals surface area contributed by atoms with Gasteiger partial charge < -0.3 is 10.4 Å². The lowest BCUT2D eigenvalue weighted by atomic mass is 10.1. The molecular formula is C10H9ClN2O5. The van der Waals surface area contributed by atoms with Crippen LogP contribution in [0, 0.1) is 10.1 Å². The molecule has 0 heterocycles. The highest BCUT2D eigenvalue weighted by atomic mass is 35.5. The number of nitro groups is 1. The van der Waals surface area contributed by atoms with E-state index in [4.69, 9.17) is 16.7 Å². The molecule has 1 atom stereocenters. The second kappa shape index (κ2) is 5.46. The van der Waals surface area contributed by atoms with Crippen LogP contribution in [0.5, 0.6) is 0 Å². The summed E-state index contributed by atoms with van der Waals surface area (Å²) in [6.45, 7) is 1.25. The van der Waals surface area contributed by atoms with Gasteiger partial charge in [0.05, 0.1) is 4.92 Å². The molecule has 0 bridgehead atoms.